The van der Waals surface area contributed by atoms with Gasteiger partial charge in [0.25, 0.3) is 0 Å². The predicted molar refractivity (Wildman–Crippen MR) is 116 cm³/mol. The number of ketones is 1. The number of carbonyl (C=O) groups is 3. The molecule has 0 spiro atoms. The minimum absolute atomic E-state index is 0.0564. The number of esters is 1. The van der Waals surface area contributed by atoms with Crippen LogP contribution in [-0.2, 0) is 19.1 Å². The summed E-state index contributed by atoms with van der Waals surface area (Å²) in [5.41, 5.74) is -3.81. The molecule has 0 aromatic carbocycles. The zero-order valence-electron chi connectivity index (χ0n) is 18.5. The summed E-state index contributed by atoms with van der Waals surface area (Å²) in [5.74, 6) is -2.82. The summed E-state index contributed by atoms with van der Waals surface area (Å²) in [6, 6.07) is 0. The van der Waals surface area contributed by atoms with Crippen LogP contribution in [0.15, 0.2) is 23.8 Å². The molecule has 0 saturated heterocycles. The molecule has 0 bridgehead atoms. The zero-order valence-corrected chi connectivity index (χ0v) is 19.4. The van der Waals surface area contributed by atoms with Gasteiger partial charge in [-0.05, 0) is 49.7 Å². The minimum atomic E-state index is -2.98. The fourth-order valence-electron chi connectivity index (χ4n) is 7.63. The van der Waals surface area contributed by atoms with Crippen LogP contribution in [0.25, 0.3) is 0 Å². The minimum Gasteiger partial charge on any atom is -0.449 e. The number of ether oxygens (including phenoxy) is 1. The lowest BCUT2D eigenvalue weighted by Crippen LogP contribution is -2.66. The second kappa shape index (κ2) is 7.76. The number of hydrogen-bond donors (Lipinski definition) is 2. The number of carbonyl (C=O) groups excluding carboxylic acids is 3. The Bertz CT molecular complexity index is 916. The maximum Gasteiger partial charge on any atom is 0.306 e. The van der Waals surface area contributed by atoms with Crippen molar-refractivity contribution in [1.82, 2.24) is 0 Å². The molecule has 0 radical (unpaired) electrons. The van der Waals surface area contributed by atoms with Crippen molar-refractivity contribution in [2.24, 2.45) is 34.5 Å². The average molecular weight is 469 g/mol. The van der Waals surface area contributed by atoms with Crippen LogP contribution in [0.4, 0.5) is 8.78 Å². The molecule has 8 atom stereocenters. The molecular formula is C24H30F2O5S. The summed E-state index contributed by atoms with van der Waals surface area (Å²) in [7, 11) is 0. The molecular weight excluding hydrogens is 438 g/mol. The van der Waals surface area contributed by atoms with Crippen LogP contribution in [0.3, 0.4) is 0 Å². The third-order valence-corrected chi connectivity index (χ3v) is 9.24. The Kier molecular flexibility index (Phi) is 5.72. The van der Waals surface area contributed by atoms with Gasteiger partial charge in [-0.3, -0.25) is 14.4 Å². The highest BCUT2D eigenvalue weighted by Crippen LogP contribution is 2.71. The number of thiol groups is 1. The summed E-state index contributed by atoms with van der Waals surface area (Å²) in [5, 5.41) is 10.5. The Hall–Kier alpha value is -1.54. The predicted octanol–water partition coefficient (Wildman–Crippen LogP) is 3.90. The summed E-state index contributed by atoms with van der Waals surface area (Å²) in [4.78, 5) is 37.2. The van der Waals surface area contributed by atoms with E-state index in [-0.39, 0.29) is 36.9 Å². The van der Waals surface area contributed by atoms with Crippen molar-refractivity contribution in [1.29, 1.82) is 0 Å². The van der Waals surface area contributed by atoms with Crippen molar-refractivity contribution in [3.8, 4) is 0 Å². The molecule has 4 aliphatic carbocycles. The van der Waals surface area contributed by atoms with Crippen LogP contribution in [0, 0.1) is 34.5 Å². The number of aliphatic hydroxyl groups excluding tert-OH is 1. The SMILES string of the molecule is CCC(=O)OC1(C(=O)S)C(C)C[C@H]2[C@@H]3CCC4=CC(=O)C=C[C@]4(C)[C@H]3C(O)C[C@@]21C(F)F. The Labute approximate surface area is 192 Å². The number of alkyl halides is 2. The van der Waals surface area contributed by atoms with Gasteiger partial charge >= 0.3 is 5.97 Å². The first kappa shape index (κ1) is 23.6. The summed E-state index contributed by atoms with van der Waals surface area (Å²) < 4.78 is 35.8. The van der Waals surface area contributed by atoms with E-state index < -0.39 is 51.9 Å². The van der Waals surface area contributed by atoms with Crippen LogP contribution in [-0.4, -0.2) is 40.1 Å². The topological polar surface area (TPSA) is 80.7 Å². The molecule has 3 unspecified atom stereocenters. The first-order valence-electron chi connectivity index (χ1n) is 11.3. The van der Waals surface area contributed by atoms with Crippen molar-refractivity contribution < 1.29 is 33.0 Å². The highest BCUT2D eigenvalue weighted by atomic mass is 32.1. The van der Waals surface area contributed by atoms with E-state index in [1.54, 1.807) is 26.0 Å². The fourth-order valence-corrected chi connectivity index (χ4v) is 8.10. The Morgan fingerprint density at radius 1 is 1.38 bits per heavy atom. The first-order chi connectivity index (χ1) is 15.0. The Morgan fingerprint density at radius 3 is 2.66 bits per heavy atom. The summed E-state index contributed by atoms with van der Waals surface area (Å²) in [6.45, 7) is 5.16. The molecule has 0 aromatic rings. The van der Waals surface area contributed by atoms with Gasteiger partial charge in [-0.1, -0.05) is 32.4 Å². The van der Waals surface area contributed by atoms with Crippen molar-refractivity contribution in [2.45, 2.75) is 71.0 Å². The molecule has 3 fully saturated rings. The smallest absolute Gasteiger partial charge is 0.306 e. The molecule has 176 valence electrons. The van der Waals surface area contributed by atoms with Crippen LogP contribution < -0.4 is 0 Å². The highest BCUT2D eigenvalue weighted by Gasteiger charge is 2.77. The third-order valence-electron chi connectivity index (χ3n) is 8.91. The van der Waals surface area contributed by atoms with Crippen LogP contribution in [0.5, 0.6) is 0 Å². The fraction of sp³-hybridized carbons (Fsp3) is 0.708. The standard InChI is InChI=1S/C24H30F2O5S/c1-4-18(29)31-24(21(30)32)12(2)9-16-15-6-5-13-10-14(27)7-8-22(13,3)19(15)17(28)11-23(16,24)20(25)26/h7-8,10,12,15-17,19-20,28H,4-6,9,11H2,1-3H3,(H,30,32)/t12?,15-,16-,17?,19+,22-,23-,24?/m0/s1. The molecule has 0 aliphatic heterocycles. The molecule has 5 nitrogen and oxygen atoms in total. The average Bonchev–Trinajstić information content (AvgIpc) is 2.98. The van der Waals surface area contributed by atoms with Gasteiger partial charge in [0.15, 0.2) is 11.4 Å². The van der Waals surface area contributed by atoms with E-state index in [2.05, 4.69) is 12.6 Å². The maximum atomic E-state index is 15.1. The van der Waals surface area contributed by atoms with E-state index in [4.69, 9.17) is 4.74 Å². The summed E-state index contributed by atoms with van der Waals surface area (Å²) >= 11 is 3.98. The number of fused-ring (bicyclic) bond motifs is 5. The quantitative estimate of drug-likeness (QED) is 0.483. The molecule has 0 aromatic heterocycles. The van der Waals surface area contributed by atoms with Gasteiger partial charge in [0, 0.05) is 23.7 Å². The molecule has 32 heavy (non-hydrogen) atoms. The van der Waals surface area contributed by atoms with Crippen LogP contribution in [0.2, 0.25) is 0 Å². The van der Waals surface area contributed by atoms with E-state index in [1.807, 2.05) is 6.92 Å². The van der Waals surface area contributed by atoms with E-state index in [1.165, 1.54) is 6.08 Å². The van der Waals surface area contributed by atoms with Crippen molar-refractivity contribution in [2.75, 3.05) is 0 Å². The normalized spacial score (nSPS) is 45.1. The molecule has 0 heterocycles. The van der Waals surface area contributed by atoms with Gasteiger partial charge in [0.1, 0.15) is 0 Å². The van der Waals surface area contributed by atoms with E-state index >= 15 is 8.78 Å². The first-order valence-corrected chi connectivity index (χ1v) is 11.8. The van der Waals surface area contributed by atoms with Gasteiger partial charge in [0.2, 0.25) is 11.5 Å². The zero-order chi connectivity index (χ0) is 23.6. The number of allylic oxidation sites excluding steroid dienone is 4. The largest absolute Gasteiger partial charge is 0.449 e. The van der Waals surface area contributed by atoms with Gasteiger partial charge < -0.3 is 9.84 Å². The second-order valence-electron chi connectivity index (χ2n) is 10.1. The third kappa shape index (κ3) is 2.87. The van der Waals surface area contributed by atoms with E-state index in [0.717, 1.165) is 5.57 Å². The molecule has 3 saturated carbocycles. The lowest BCUT2D eigenvalue weighted by atomic mass is 9.46. The lowest BCUT2D eigenvalue weighted by molar-refractivity contribution is -0.234. The molecule has 0 amide bonds. The van der Waals surface area contributed by atoms with Crippen LogP contribution in [0.1, 0.15) is 52.9 Å². The Morgan fingerprint density at radius 2 is 2.06 bits per heavy atom. The number of rotatable bonds is 4. The van der Waals surface area contributed by atoms with Crippen LogP contribution >= 0.6 is 12.6 Å². The summed E-state index contributed by atoms with van der Waals surface area (Å²) in [6.07, 6.45) is 1.67. The molecule has 4 aliphatic rings. The van der Waals surface area contributed by atoms with Gasteiger partial charge in [-0.15, -0.1) is 12.6 Å². The number of halogens is 2. The van der Waals surface area contributed by atoms with Gasteiger partial charge in [-0.2, -0.15) is 0 Å². The van der Waals surface area contributed by atoms with Crippen molar-refractivity contribution >= 4 is 29.5 Å². The molecule has 4 rings (SSSR count). The molecule has 1 N–H and O–H groups in total. The van der Waals surface area contributed by atoms with E-state index in [0.29, 0.717) is 12.8 Å². The van der Waals surface area contributed by atoms with Crippen molar-refractivity contribution in [3.05, 3.63) is 23.8 Å². The molecule has 8 heteroatoms. The Balaban J connectivity index is 1.86. The van der Waals surface area contributed by atoms with Gasteiger partial charge in [0.05, 0.1) is 11.5 Å². The van der Waals surface area contributed by atoms with Crippen molar-refractivity contribution in [3.63, 3.8) is 0 Å². The highest BCUT2D eigenvalue weighted by molar-refractivity contribution is 7.96. The number of hydrogen-bond acceptors (Lipinski definition) is 5. The maximum absolute atomic E-state index is 15.1. The van der Waals surface area contributed by atoms with E-state index in [9.17, 15) is 19.5 Å². The van der Waals surface area contributed by atoms with Gasteiger partial charge in [-0.25, -0.2) is 8.78 Å². The monoisotopic (exact) mass is 468 g/mol. The second-order valence-corrected chi connectivity index (χ2v) is 10.5. The number of aliphatic hydroxyl groups is 1. The lowest BCUT2D eigenvalue weighted by Gasteiger charge is -2.60.